The predicted octanol–water partition coefficient (Wildman–Crippen LogP) is 2.73. The maximum Gasteiger partial charge on any atom is 0.247 e. The van der Waals surface area contributed by atoms with Gasteiger partial charge < -0.3 is 15.0 Å². The second kappa shape index (κ2) is 9.59. The van der Waals surface area contributed by atoms with Crippen LogP contribution in [0.2, 0.25) is 0 Å². The zero-order valence-corrected chi connectivity index (χ0v) is 18.4. The highest BCUT2D eigenvalue weighted by Crippen LogP contribution is 2.25. The maximum atomic E-state index is 13.0. The molecule has 0 aliphatic carbocycles. The molecule has 7 nitrogen and oxygen atoms in total. The minimum atomic E-state index is -3.57. The van der Waals surface area contributed by atoms with Crippen LogP contribution in [-0.4, -0.2) is 63.1 Å². The van der Waals surface area contributed by atoms with Crippen LogP contribution in [0.25, 0.3) is 0 Å². The van der Waals surface area contributed by atoms with E-state index < -0.39 is 22.0 Å². The minimum absolute atomic E-state index is 0.201. The summed E-state index contributed by atoms with van der Waals surface area (Å²) < 4.78 is 31.3. The molecule has 1 saturated heterocycles. The minimum Gasteiger partial charge on any atom is -0.490 e. The number of likely N-dealkylation sites (N-methyl/N-ethyl adjacent to an activating group) is 1. The van der Waals surface area contributed by atoms with E-state index in [9.17, 15) is 13.2 Å². The van der Waals surface area contributed by atoms with Crippen molar-refractivity contribution in [2.24, 2.45) is 0 Å². The van der Waals surface area contributed by atoms with Crippen LogP contribution >= 0.6 is 0 Å². The van der Waals surface area contributed by atoms with Crippen LogP contribution in [0, 0.1) is 0 Å². The molecule has 1 aliphatic heterocycles. The lowest BCUT2D eigenvalue weighted by atomic mass is 10.1. The van der Waals surface area contributed by atoms with Crippen molar-refractivity contribution in [1.82, 2.24) is 9.21 Å². The summed E-state index contributed by atoms with van der Waals surface area (Å²) in [6.45, 7) is 2.04. The lowest BCUT2D eigenvalue weighted by Gasteiger charge is -2.29. The summed E-state index contributed by atoms with van der Waals surface area (Å²) in [6, 6.07) is 15.1. The quantitative estimate of drug-likeness (QED) is 0.729. The second-order valence-corrected chi connectivity index (χ2v) is 9.77. The molecule has 8 heteroatoms. The zero-order chi connectivity index (χ0) is 21.7. The predicted molar refractivity (Wildman–Crippen MR) is 118 cm³/mol. The highest BCUT2D eigenvalue weighted by molar-refractivity contribution is 7.88. The van der Waals surface area contributed by atoms with Gasteiger partial charge in [-0.25, -0.2) is 8.42 Å². The number of sulfonamides is 1. The molecule has 0 saturated carbocycles. The molecule has 0 bridgehead atoms. The van der Waals surface area contributed by atoms with Crippen molar-refractivity contribution in [3.05, 3.63) is 60.2 Å². The first kappa shape index (κ1) is 22.3. The van der Waals surface area contributed by atoms with Crippen molar-refractivity contribution in [2.75, 3.05) is 38.8 Å². The van der Waals surface area contributed by atoms with E-state index in [1.54, 1.807) is 36.4 Å². The Bertz CT molecular complexity index is 940. The summed E-state index contributed by atoms with van der Waals surface area (Å²) in [5.41, 5.74) is 1.18. The first-order valence-corrected chi connectivity index (χ1v) is 11.8. The number of nitrogens with zero attached hydrogens (tertiary/aromatic N) is 2. The van der Waals surface area contributed by atoms with Crippen LogP contribution in [0.15, 0.2) is 54.6 Å². The average Bonchev–Trinajstić information content (AvgIpc) is 2.71. The molecule has 30 heavy (non-hydrogen) atoms. The van der Waals surface area contributed by atoms with E-state index in [-0.39, 0.29) is 6.10 Å². The maximum absolute atomic E-state index is 13.0. The summed E-state index contributed by atoms with van der Waals surface area (Å²) >= 11 is 0. The number of carbonyl (C=O) groups excluding carboxylic acids is 1. The van der Waals surface area contributed by atoms with Gasteiger partial charge in [0.2, 0.25) is 15.9 Å². The van der Waals surface area contributed by atoms with E-state index in [0.717, 1.165) is 42.2 Å². The van der Waals surface area contributed by atoms with Crippen LogP contribution in [-0.2, 0) is 14.8 Å². The molecule has 1 unspecified atom stereocenters. The molecule has 162 valence electrons. The van der Waals surface area contributed by atoms with Gasteiger partial charge in [-0.1, -0.05) is 30.3 Å². The van der Waals surface area contributed by atoms with Crippen LogP contribution in [0.1, 0.15) is 24.4 Å². The highest BCUT2D eigenvalue weighted by Gasteiger charge is 2.30. The van der Waals surface area contributed by atoms with E-state index in [0.29, 0.717) is 11.3 Å². The largest absolute Gasteiger partial charge is 0.490 e. The Balaban J connectivity index is 1.69. The van der Waals surface area contributed by atoms with Crippen molar-refractivity contribution in [3.63, 3.8) is 0 Å². The molecule has 2 aromatic carbocycles. The van der Waals surface area contributed by atoms with Crippen molar-refractivity contribution in [3.8, 4) is 5.75 Å². The van der Waals surface area contributed by atoms with Crippen molar-refractivity contribution < 1.29 is 17.9 Å². The number of benzene rings is 2. The lowest BCUT2D eigenvalue weighted by molar-refractivity contribution is -0.119. The van der Waals surface area contributed by atoms with Crippen LogP contribution in [0.4, 0.5) is 5.69 Å². The van der Waals surface area contributed by atoms with E-state index in [1.165, 1.54) is 7.05 Å². The molecule has 1 aliphatic rings. The third-order valence-corrected chi connectivity index (χ3v) is 6.60. The fourth-order valence-corrected chi connectivity index (χ4v) is 4.08. The Kier molecular flexibility index (Phi) is 7.12. The molecule has 0 spiro atoms. The van der Waals surface area contributed by atoms with Crippen LogP contribution < -0.4 is 10.1 Å². The number of amides is 1. The van der Waals surface area contributed by atoms with E-state index in [2.05, 4.69) is 17.3 Å². The van der Waals surface area contributed by atoms with Gasteiger partial charge in [0.05, 0.1) is 6.26 Å². The number of hydrogen-bond donors (Lipinski definition) is 1. The van der Waals surface area contributed by atoms with Gasteiger partial charge >= 0.3 is 0 Å². The van der Waals surface area contributed by atoms with Gasteiger partial charge in [0.15, 0.2) is 0 Å². The molecule has 1 amide bonds. The third-order valence-electron chi connectivity index (χ3n) is 5.34. The Labute approximate surface area is 178 Å². The van der Waals surface area contributed by atoms with Gasteiger partial charge in [0.25, 0.3) is 0 Å². The molecule has 1 N–H and O–H groups in total. The van der Waals surface area contributed by atoms with Gasteiger partial charge in [0.1, 0.15) is 17.9 Å². The SMILES string of the molecule is CN1CCC(Oc2ccc(NC(=O)C(c3ccccc3)N(C)S(C)(=O)=O)cc2)CC1. The van der Waals surface area contributed by atoms with Crippen molar-refractivity contribution in [2.45, 2.75) is 25.0 Å². The number of ether oxygens (including phenoxy) is 1. The van der Waals surface area contributed by atoms with Gasteiger partial charge in [0, 0.05) is 25.8 Å². The molecular weight excluding hydrogens is 402 g/mol. The highest BCUT2D eigenvalue weighted by atomic mass is 32.2. The summed E-state index contributed by atoms with van der Waals surface area (Å²) in [4.78, 5) is 15.3. The van der Waals surface area contributed by atoms with Crippen LogP contribution in [0.5, 0.6) is 5.75 Å². The number of likely N-dealkylation sites (tertiary alicyclic amines) is 1. The van der Waals surface area contributed by atoms with Gasteiger partial charge in [-0.05, 0) is 49.7 Å². The number of anilines is 1. The number of rotatable bonds is 7. The molecule has 1 atom stereocenters. The average molecular weight is 432 g/mol. The normalized spacial score (nSPS) is 16.9. The molecule has 2 aromatic rings. The zero-order valence-electron chi connectivity index (χ0n) is 17.6. The Morgan fingerprint density at radius 1 is 1.10 bits per heavy atom. The summed E-state index contributed by atoms with van der Waals surface area (Å²) in [7, 11) is -0.0489. The molecule has 0 aromatic heterocycles. The molecule has 1 heterocycles. The monoisotopic (exact) mass is 431 g/mol. The number of nitrogens with one attached hydrogen (secondary N) is 1. The van der Waals surface area contributed by atoms with E-state index in [4.69, 9.17) is 4.74 Å². The fraction of sp³-hybridized carbons (Fsp3) is 0.409. The van der Waals surface area contributed by atoms with Crippen LogP contribution in [0.3, 0.4) is 0 Å². The summed E-state index contributed by atoms with van der Waals surface area (Å²) in [5, 5.41) is 2.82. The first-order chi connectivity index (χ1) is 14.2. The standard InChI is InChI=1S/C22H29N3O4S/c1-24-15-13-20(14-16-24)29-19-11-9-18(10-12-19)23-22(26)21(25(2)30(3,27)28)17-7-5-4-6-8-17/h4-12,20-21H,13-16H2,1-3H3,(H,23,26). The Morgan fingerprint density at radius 3 is 2.27 bits per heavy atom. The smallest absolute Gasteiger partial charge is 0.247 e. The first-order valence-electron chi connectivity index (χ1n) is 9.98. The van der Waals surface area contributed by atoms with Crippen molar-refractivity contribution >= 4 is 21.6 Å². The summed E-state index contributed by atoms with van der Waals surface area (Å²) in [6.07, 6.45) is 3.27. The third kappa shape index (κ3) is 5.81. The molecule has 1 fully saturated rings. The Hall–Kier alpha value is -2.42. The van der Waals surface area contributed by atoms with E-state index >= 15 is 0 Å². The van der Waals surface area contributed by atoms with Gasteiger partial charge in [-0.15, -0.1) is 0 Å². The number of hydrogen-bond acceptors (Lipinski definition) is 5. The Morgan fingerprint density at radius 2 is 1.70 bits per heavy atom. The molecule has 0 radical (unpaired) electrons. The number of carbonyl (C=O) groups is 1. The van der Waals surface area contributed by atoms with E-state index in [1.807, 2.05) is 18.2 Å². The fourth-order valence-electron chi connectivity index (χ4n) is 3.48. The lowest BCUT2D eigenvalue weighted by Crippen LogP contribution is -2.38. The molecular formula is C22H29N3O4S. The van der Waals surface area contributed by atoms with Crippen molar-refractivity contribution in [1.29, 1.82) is 0 Å². The number of piperidine rings is 1. The molecule has 3 rings (SSSR count). The van der Waals surface area contributed by atoms with Gasteiger partial charge in [-0.2, -0.15) is 4.31 Å². The van der Waals surface area contributed by atoms with Gasteiger partial charge in [-0.3, -0.25) is 4.79 Å². The topological polar surface area (TPSA) is 79.0 Å². The second-order valence-electron chi connectivity index (χ2n) is 7.73. The summed E-state index contributed by atoms with van der Waals surface area (Å²) in [5.74, 6) is 0.341.